The summed E-state index contributed by atoms with van der Waals surface area (Å²) in [5.41, 5.74) is 8.15. The van der Waals surface area contributed by atoms with Crippen molar-refractivity contribution >= 4 is 35.4 Å². The molecule has 1 atom stereocenters. The summed E-state index contributed by atoms with van der Waals surface area (Å²) in [6, 6.07) is 24.0. The fourth-order valence-corrected chi connectivity index (χ4v) is 11.9. The van der Waals surface area contributed by atoms with Crippen LogP contribution in [0.15, 0.2) is 72.3 Å². The second-order valence-electron chi connectivity index (χ2n) is 9.05. The zero-order valence-electron chi connectivity index (χ0n) is 19.1. The molecule has 0 nitrogen and oxygen atoms in total. The van der Waals surface area contributed by atoms with Crippen LogP contribution < -0.4 is 24.8 Å². The first-order valence-corrected chi connectivity index (χ1v) is 14.3. The van der Waals surface area contributed by atoms with Crippen molar-refractivity contribution in [2.75, 3.05) is 0 Å². The summed E-state index contributed by atoms with van der Waals surface area (Å²) in [5.74, 6) is 0. The van der Waals surface area contributed by atoms with Crippen molar-refractivity contribution in [1.82, 2.24) is 0 Å². The number of fused-ring (bicyclic) bond motifs is 1. The second-order valence-corrected chi connectivity index (χ2v) is 14.9. The normalized spacial score (nSPS) is 16.6. The molecular weight excluding hydrogens is 547 g/mol. The molecule has 0 spiro atoms. The van der Waals surface area contributed by atoms with E-state index in [9.17, 15) is 0 Å². The van der Waals surface area contributed by atoms with E-state index < -0.39 is 8.07 Å². The standard InChI is InChI=1S/C16H13.C11H14SSi.2ClH.Zr/c1-12-10-14-8-5-9-15(16(14)11-12)13-6-3-2-4-7-13;1-6-5-8-9(12-6)11-7(2)10(8)13(11,3)4;;;/h2-11H,1H3;5,11H,1-4H3;2*1H;/q-1;;;;+3/p-2. The smallest absolute Gasteiger partial charge is 1.00 e. The van der Waals surface area contributed by atoms with Gasteiger partial charge in [0.15, 0.2) is 0 Å². The summed E-state index contributed by atoms with van der Waals surface area (Å²) in [7, 11) is -0.995. The van der Waals surface area contributed by atoms with Gasteiger partial charge in [-0.15, -0.1) is 45.9 Å². The monoisotopic (exact) mass is 571 g/mol. The third kappa shape index (κ3) is 4.32. The van der Waals surface area contributed by atoms with Gasteiger partial charge in [-0.1, -0.05) is 72.7 Å². The number of hydrogen-bond acceptors (Lipinski definition) is 1. The van der Waals surface area contributed by atoms with Crippen molar-refractivity contribution in [3.63, 3.8) is 0 Å². The quantitative estimate of drug-likeness (QED) is 0.242. The van der Waals surface area contributed by atoms with Crippen molar-refractivity contribution in [3.05, 3.63) is 93.2 Å². The van der Waals surface area contributed by atoms with Crippen molar-refractivity contribution in [2.45, 2.75) is 39.4 Å². The van der Waals surface area contributed by atoms with Crippen LogP contribution >= 0.6 is 11.3 Å². The van der Waals surface area contributed by atoms with Gasteiger partial charge in [-0.05, 0) is 31.0 Å². The number of benzene rings is 2. The fraction of sp³-hybridized carbons (Fsp3) is 0.222. The Balaban J connectivity index is 0.000000211. The number of thiophene rings is 1. The van der Waals surface area contributed by atoms with Crippen molar-refractivity contribution in [1.29, 1.82) is 0 Å². The molecule has 1 radical (unpaired) electrons. The van der Waals surface area contributed by atoms with E-state index in [4.69, 9.17) is 0 Å². The van der Waals surface area contributed by atoms with Crippen molar-refractivity contribution in [2.24, 2.45) is 0 Å². The molecule has 4 aromatic rings. The first-order chi connectivity index (χ1) is 13.9. The summed E-state index contributed by atoms with van der Waals surface area (Å²) in [6.45, 7) is 11.7. The first-order valence-electron chi connectivity index (χ1n) is 10.4. The van der Waals surface area contributed by atoms with Gasteiger partial charge < -0.3 is 24.8 Å². The van der Waals surface area contributed by atoms with E-state index in [1.54, 1.807) is 21.2 Å². The minimum absolute atomic E-state index is 0. The average Bonchev–Trinajstić information content (AvgIpc) is 3.36. The SMILES string of the molecule is CC1=C2c3cc(C)sc3C1[Si]2(C)C.Cc1cc2c(-c3ccccc3)cccc2[cH-]1.[Cl-].[Cl-].[Zr+3]. The van der Waals surface area contributed by atoms with Crippen LogP contribution in [0.4, 0.5) is 0 Å². The van der Waals surface area contributed by atoms with E-state index in [1.165, 1.54) is 32.3 Å². The summed E-state index contributed by atoms with van der Waals surface area (Å²) in [5, 5.41) is 4.46. The van der Waals surface area contributed by atoms with Gasteiger partial charge in [0.05, 0.1) is 8.07 Å². The van der Waals surface area contributed by atoms with Gasteiger partial charge in [0.2, 0.25) is 0 Å². The molecule has 163 valence electrons. The minimum atomic E-state index is -0.995. The molecule has 3 aliphatic rings. The summed E-state index contributed by atoms with van der Waals surface area (Å²) in [6.07, 6.45) is 0. The van der Waals surface area contributed by atoms with Gasteiger partial charge in [0.1, 0.15) is 0 Å². The molecule has 2 bridgehead atoms. The molecule has 3 aromatic carbocycles. The number of rotatable bonds is 1. The molecule has 0 amide bonds. The van der Waals surface area contributed by atoms with E-state index in [0.29, 0.717) is 0 Å². The molecular formula is C27H27Cl2SSiZr. The van der Waals surface area contributed by atoms with Crippen LogP contribution in [0, 0.1) is 13.8 Å². The van der Waals surface area contributed by atoms with Crippen LogP contribution in [0.1, 0.15) is 33.3 Å². The molecule has 3 heterocycles. The van der Waals surface area contributed by atoms with Gasteiger partial charge in [-0.2, -0.15) is 6.07 Å². The van der Waals surface area contributed by atoms with E-state index in [1.807, 2.05) is 11.3 Å². The number of allylic oxidation sites excluding steroid dienone is 1. The number of halogens is 2. The molecule has 0 saturated carbocycles. The maximum absolute atomic E-state index is 2.52. The molecule has 0 N–H and O–H groups in total. The Morgan fingerprint density at radius 2 is 1.53 bits per heavy atom. The van der Waals surface area contributed by atoms with E-state index in [0.717, 1.165) is 5.54 Å². The zero-order chi connectivity index (χ0) is 20.3. The Bertz CT molecular complexity index is 1270. The fourth-order valence-electron chi connectivity index (χ4n) is 5.54. The number of hydrogen-bond donors (Lipinski definition) is 0. The molecule has 0 saturated heterocycles. The predicted molar refractivity (Wildman–Crippen MR) is 132 cm³/mol. The van der Waals surface area contributed by atoms with Crippen LogP contribution in [0.5, 0.6) is 0 Å². The van der Waals surface area contributed by atoms with Crippen molar-refractivity contribution < 1.29 is 51.0 Å². The van der Waals surface area contributed by atoms with E-state index in [-0.39, 0.29) is 51.0 Å². The molecule has 1 aromatic heterocycles. The Morgan fingerprint density at radius 1 is 0.844 bits per heavy atom. The Hall–Kier alpha value is -0.830. The summed E-state index contributed by atoms with van der Waals surface area (Å²) < 4.78 is 0. The molecule has 5 heteroatoms. The molecule has 1 unspecified atom stereocenters. The Morgan fingerprint density at radius 3 is 2.16 bits per heavy atom. The summed E-state index contributed by atoms with van der Waals surface area (Å²) >= 11 is 2.03. The first kappa shape index (κ1) is 27.4. The molecule has 0 fully saturated rings. The maximum atomic E-state index is 2.52. The number of aryl methyl sites for hydroxylation is 2. The van der Waals surface area contributed by atoms with E-state index >= 15 is 0 Å². The van der Waals surface area contributed by atoms with Crippen molar-refractivity contribution in [3.8, 4) is 11.1 Å². The van der Waals surface area contributed by atoms with Crippen LogP contribution in [0.3, 0.4) is 0 Å². The molecule has 7 rings (SSSR count). The zero-order valence-corrected chi connectivity index (χ0v) is 24.9. The Labute approximate surface area is 228 Å². The topological polar surface area (TPSA) is 0 Å². The predicted octanol–water partition coefficient (Wildman–Crippen LogP) is 2.27. The molecule has 32 heavy (non-hydrogen) atoms. The largest absolute Gasteiger partial charge is 3.00 e. The summed E-state index contributed by atoms with van der Waals surface area (Å²) in [4.78, 5) is 3.19. The van der Waals surface area contributed by atoms with Gasteiger partial charge in [-0.25, -0.2) is 0 Å². The second kappa shape index (κ2) is 10.2. The third-order valence-corrected chi connectivity index (χ3v) is 12.0. The van der Waals surface area contributed by atoms with Gasteiger partial charge in [0, 0.05) is 15.3 Å². The average molecular weight is 574 g/mol. The molecule has 1 aliphatic carbocycles. The van der Waals surface area contributed by atoms with Crippen LogP contribution in [-0.4, -0.2) is 8.07 Å². The van der Waals surface area contributed by atoms with E-state index in [2.05, 4.69) is 101 Å². The van der Waals surface area contributed by atoms with Crippen LogP contribution in [0.25, 0.3) is 27.1 Å². The maximum Gasteiger partial charge on any atom is 3.00 e. The van der Waals surface area contributed by atoms with Crippen LogP contribution in [0.2, 0.25) is 13.1 Å². The Kier molecular flexibility index (Phi) is 8.74. The van der Waals surface area contributed by atoms with Gasteiger partial charge >= 0.3 is 26.2 Å². The molecule has 2 aliphatic heterocycles. The third-order valence-electron chi connectivity index (χ3n) is 6.59. The minimum Gasteiger partial charge on any atom is -1.00 e. The van der Waals surface area contributed by atoms with Gasteiger partial charge in [-0.3, -0.25) is 0 Å². The van der Waals surface area contributed by atoms with Crippen LogP contribution in [-0.2, 0) is 26.2 Å². The van der Waals surface area contributed by atoms with Gasteiger partial charge in [0.25, 0.3) is 0 Å².